The van der Waals surface area contributed by atoms with Crippen LogP contribution >= 0.6 is 0 Å². The van der Waals surface area contributed by atoms with Gasteiger partial charge in [-0.15, -0.1) is 0 Å². The van der Waals surface area contributed by atoms with Gasteiger partial charge in [-0.3, -0.25) is 0 Å². The topological polar surface area (TPSA) is 47.0 Å². The number of hydrogen-bond donors (Lipinski definition) is 1. The number of nitrogens with zero attached hydrogens (tertiary/aromatic N) is 2. The van der Waals surface area contributed by atoms with Gasteiger partial charge in [-0.05, 0) is 32.4 Å². The van der Waals surface area contributed by atoms with E-state index in [-0.39, 0.29) is 0 Å². The SMILES string of the molecule is COC(C)(C)c1nccc(CNCC(C)C)n1. The van der Waals surface area contributed by atoms with Gasteiger partial charge < -0.3 is 10.1 Å². The first-order valence-corrected chi connectivity index (χ1v) is 6.04. The zero-order valence-electron chi connectivity index (χ0n) is 11.4. The number of ether oxygens (including phenoxy) is 1. The van der Waals surface area contributed by atoms with Gasteiger partial charge in [-0.2, -0.15) is 0 Å². The molecule has 0 bridgehead atoms. The molecule has 0 fully saturated rings. The third-order valence-corrected chi connectivity index (χ3v) is 2.62. The lowest BCUT2D eigenvalue weighted by molar-refractivity contribution is 0.0112. The molecule has 0 amide bonds. The van der Waals surface area contributed by atoms with Gasteiger partial charge in [0.15, 0.2) is 5.82 Å². The Balaban J connectivity index is 2.66. The van der Waals surface area contributed by atoms with Crippen LogP contribution in [-0.2, 0) is 16.9 Å². The van der Waals surface area contributed by atoms with Crippen molar-refractivity contribution in [1.29, 1.82) is 0 Å². The Morgan fingerprint density at radius 2 is 2.12 bits per heavy atom. The highest BCUT2D eigenvalue weighted by atomic mass is 16.5. The van der Waals surface area contributed by atoms with E-state index >= 15 is 0 Å². The summed E-state index contributed by atoms with van der Waals surface area (Å²) >= 11 is 0. The highest BCUT2D eigenvalue weighted by Gasteiger charge is 2.22. The molecule has 0 saturated heterocycles. The highest BCUT2D eigenvalue weighted by molar-refractivity contribution is 5.06. The fourth-order valence-electron chi connectivity index (χ4n) is 1.36. The summed E-state index contributed by atoms with van der Waals surface area (Å²) in [7, 11) is 1.67. The maximum Gasteiger partial charge on any atom is 0.159 e. The van der Waals surface area contributed by atoms with E-state index in [0.29, 0.717) is 5.92 Å². The van der Waals surface area contributed by atoms with Crippen molar-refractivity contribution in [1.82, 2.24) is 15.3 Å². The molecule has 1 heterocycles. The van der Waals surface area contributed by atoms with Crippen LogP contribution in [0.15, 0.2) is 12.3 Å². The Labute approximate surface area is 104 Å². The second-order valence-corrected chi connectivity index (χ2v) is 5.11. The average molecular weight is 237 g/mol. The molecule has 1 N–H and O–H groups in total. The van der Waals surface area contributed by atoms with Crippen LogP contribution in [0.1, 0.15) is 39.2 Å². The first kappa shape index (κ1) is 14.1. The lowest BCUT2D eigenvalue weighted by Gasteiger charge is -2.21. The Bertz CT molecular complexity index is 350. The van der Waals surface area contributed by atoms with Gasteiger partial charge >= 0.3 is 0 Å². The monoisotopic (exact) mass is 237 g/mol. The summed E-state index contributed by atoms with van der Waals surface area (Å²) in [6.45, 7) is 10.1. The minimum Gasteiger partial charge on any atom is -0.371 e. The fraction of sp³-hybridized carbons (Fsp3) is 0.692. The molecule has 0 aliphatic rings. The van der Waals surface area contributed by atoms with Gasteiger partial charge in [0.25, 0.3) is 0 Å². The molecule has 0 atom stereocenters. The lowest BCUT2D eigenvalue weighted by atomic mass is 10.1. The normalized spacial score (nSPS) is 12.1. The van der Waals surface area contributed by atoms with Crippen LogP contribution in [0.2, 0.25) is 0 Å². The van der Waals surface area contributed by atoms with Crippen LogP contribution in [0, 0.1) is 5.92 Å². The molecule has 0 aromatic carbocycles. The summed E-state index contributed by atoms with van der Waals surface area (Å²) in [5, 5.41) is 3.37. The zero-order chi connectivity index (χ0) is 12.9. The molecule has 4 heteroatoms. The van der Waals surface area contributed by atoms with Crippen molar-refractivity contribution < 1.29 is 4.74 Å². The zero-order valence-corrected chi connectivity index (χ0v) is 11.4. The van der Waals surface area contributed by atoms with E-state index in [1.807, 2.05) is 19.9 Å². The highest BCUT2D eigenvalue weighted by Crippen LogP contribution is 2.19. The largest absolute Gasteiger partial charge is 0.371 e. The summed E-state index contributed by atoms with van der Waals surface area (Å²) in [4.78, 5) is 8.77. The van der Waals surface area contributed by atoms with E-state index in [0.717, 1.165) is 24.6 Å². The van der Waals surface area contributed by atoms with E-state index in [4.69, 9.17) is 4.74 Å². The summed E-state index contributed by atoms with van der Waals surface area (Å²) in [6, 6.07) is 1.93. The van der Waals surface area contributed by atoms with Crippen molar-refractivity contribution >= 4 is 0 Å². The van der Waals surface area contributed by atoms with Crippen LogP contribution in [0.3, 0.4) is 0 Å². The molecule has 0 radical (unpaired) electrons. The number of aromatic nitrogens is 2. The van der Waals surface area contributed by atoms with E-state index in [9.17, 15) is 0 Å². The molecule has 0 aliphatic heterocycles. The van der Waals surface area contributed by atoms with Gasteiger partial charge in [-0.25, -0.2) is 9.97 Å². The van der Waals surface area contributed by atoms with Crippen molar-refractivity contribution in [3.63, 3.8) is 0 Å². The van der Waals surface area contributed by atoms with Gasteiger partial charge in [-0.1, -0.05) is 13.8 Å². The molecule has 0 spiro atoms. The van der Waals surface area contributed by atoms with Crippen molar-refractivity contribution in [2.75, 3.05) is 13.7 Å². The van der Waals surface area contributed by atoms with Gasteiger partial charge in [0.2, 0.25) is 0 Å². The number of nitrogens with one attached hydrogen (secondary N) is 1. The standard InChI is InChI=1S/C13H23N3O/c1-10(2)8-14-9-11-6-7-15-12(16-11)13(3,4)17-5/h6-7,10,14H,8-9H2,1-5H3. The Morgan fingerprint density at radius 3 is 2.71 bits per heavy atom. The van der Waals surface area contributed by atoms with E-state index in [1.54, 1.807) is 13.3 Å². The van der Waals surface area contributed by atoms with Gasteiger partial charge in [0.05, 0.1) is 5.69 Å². The predicted octanol–water partition coefficient (Wildman–Crippen LogP) is 2.10. The summed E-state index contributed by atoms with van der Waals surface area (Å²) in [5.74, 6) is 1.37. The third-order valence-electron chi connectivity index (χ3n) is 2.62. The molecular weight excluding hydrogens is 214 g/mol. The number of methoxy groups -OCH3 is 1. The quantitative estimate of drug-likeness (QED) is 0.823. The van der Waals surface area contributed by atoms with Crippen LogP contribution in [0.5, 0.6) is 0 Å². The summed E-state index contributed by atoms with van der Waals surface area (Å²) in [5.41, 5.74) is 0.564. The molecular formula is C13H23N3O. The summed E-state index contributed by atoms with van der Waals surface area (Å²) < 4.78 is 5.38. The van der Waals surface area contributed by atoms with Crippen molar-refractivity contribution in [2.45, 2.75) is 39.8 Å². The van der Waals surface area contributed by atoms with E-state index < -0.39 is 5.60 Å². The maximum atomic E-state index is 5.38. The molecule has 4 nitrogen and oxygen atoms in total. The van der Waals surface area contributed by atoms with E-state index in [2.05, 4.69) is 29.1 Å². The second-order valence-electron chi connectivity index (χ2n) is 5.11. The van der Waals surface area contributed by atoms with Crippen molar-refractivity contribution in [3.05, 3.63) is 23.8 Å². The average Bonchev–Trinajstić information content (AvgIpc) is 2.29. The van der Waals surface area contributed by atoms with Crippen molar-refractivity contribution in [3.8, 4) is 0 Å². The fourth-order valence-corrected chi connectivity index (χ4v) is 1.36. The summed E-state index contributed by atoms with van der Waals surface area (Å²) in [6.07, 6.45) is 1.79. The molecule has 0 aliphatic carbocycles. The Kier molecular flexibility index (Phi) is 5.02. The molecule has 1 aromatic heterocycles. The number of hydrogen-bond acceptors (Lipinski definition) is 4. The van der Waals surface area contributed by atoms with E-state index in [1.165, 1.54) is 0 Å². The van der Waals surface area contributed by atoms with Gasteiger partial charge in [0, 0.05) is 19.9 Å². The molecule has 1 aromatic rings. The van der Waals surface area contributed by atoms with Crippen LogP contribution in [0.4, 0.5) is 0 Å². The smallest absolute Gasteiger partial charge is 0.159 e. The first-order chi connectivity index (χ1) is 7.95. The predicted molar refractivity (Wildman–Crippen MR) is 68.6 cm³/mol. The second kappa shape index (κ2) is 6.07. The molecule has 0 saturated carbocycles. The van der Waals surface area contributed by atoms with Crippen LogP contribution in [0.25, 0.3) is 0 Å². The minimum atomic E-state index is -0.436. The lowest BCUT2D eigenvalue weighted by Crippen LogP contribution is -2.25. The molecule has 1 rings (SSSR count). The van der Waals surface area contributed by atoms with Crippen LogP contribution < -0.4 is 5.32 Å². The molecule has 96 valence electrons. The van der Waals surface area contributed by atoms with Crippen molar-refractivity contribution in [2.24, 2.45) is 5.92 Å². The Hall–Kier alpha value is -1.00. The maximum absolute atomic E-state index is 5.38. The first-order valence-electron chi connectivity index (χ1n) is 6.04. The van der Waals surface area contributed by atoms with Crippen LogP contribution in [-0.4, -0.2) is 23.6 Å². The molecule has 0 unspecified atom stereocenters. The third kappa shape index (κ3) is 4.40. The number of rotatable bonds is 6. The Morgan fingerprint density at radius 1 is 1.41 bits per heavy atom. The molecule has 17 heavy (non-hydrogen) atoms. The van der Waals surface area contributed by atoms with Gasteiger partial charge in [0.1, 0.15) is 5.60 Å². The minimum absolute atomic E-state index is 0.436.